The smallest absolute Gasteiger partial charge is 0.231 e. The van der Waals surface area contributed by atoms with E-state index in [1.54, 1.807) is 0 Å². The Morgan fingerprint density at radius 3 is 2.88 bits per heavy atom. The van der Waals surface area contributed by atoms with E-state index in [0.29, 0.717) is 18.9 Å². The molecule has 4 nitrogen and oxygen atoms in total. The summed E-state index contributed by atoms with van der Waals surface area (Å²) in [5.41, 5.74) is 6.16. The Morgan fingerprint density at radius 2 is 2.29 bits per heavy atom. The van der Waals surface area contributed by atoms with Crippen LogP contribution in [-0.4, -0.2) is 25.2 Å². The van der Waals surface area contributed by atoms with Crippen LogP contribution in [-0.2, 0) is 9.53 Å². The number of carbonyl (C=O) groups is 1. The van der Waals surface area contributed by atoms with Crippen LogP contribution < -0.4 is 11.1 Å². The first-order valence-corrected chi connectivity index (χ1v) is 5.55. The molecule has 0 saturated carbocycles. The highest BCUT2D eigenvalue weighted by atomic mass is 35.5. The molecular formula is C11H12ClFN2O2. The van der Waals surface area contributed by atoms with Gasteiger partial charge >= 0.3 is 0 Å². The fourth-order valence-corrected chi connectivity index (χ4v) is 1.83. The summed E-state index contributed by atoms with van der Waals surface area (Å²) in [6.45, 7) is 0.685. The first-order valence-electron chi connectivity index (χ1n) is 5.17. The van der Waals surface area contributed by atoms with Gasteiger partial charge in [0.1, 0.15) is 5.82 Å². The standard InChI is InChI=1S/C11H12ClFN2O2/c12-8-3-6(1-2-9(8)13)15-11(16)7-4-17-5-10(7)14/h1-3,7,10H,4-5,14H2,(H,15,16). The van der Waals surface area contributed by atoms with Crippen LogP contribution in [0.3, 0.4) is 0 Å². The van der Waals surface area contributed by atoms with E-state index in [0.717, 1.165) is 0 Å². The first-order chi connectivity index (χ1) is 8.08. The molecule has 1 aliphatic rings. The molecule has 0 bridgehead atoms. The summed E-state index contributed by atoms with van der Waals surface area (Å²) in [5, 5.41) is 2.60. The Labute approximate surface area is 103 Å². The summed E-state index contributed by atoms with van der Waals surface area (Å²) < 4.78 is 18.0. The van der Waals surface area contributed by atoms with E-state index in [-0.39, 0.29) is 22.9 Å². The van der Waals surface area contributed by atoms with Gasteiger partial charge in [0.05, 0.1) is 24.2 Å². The molecule has 1 saturated heterocycles. The molecular weight excluding hydrogens is 247 g/mol. The molecule has 1 fully saturated rings. The molecule has 6 heteroatoms. The quantitative estimate of drug-likeness (QED) is 0.843. The van der Waals surface area contributed by atoms with Crippen molar-refractivity contribution in [1.82, 2.24) is 0 Å². The molecule has 2 atom stereocenters. The lowest BCUT2D eigenvalue weighted by Gasteiger charge is -2.13. The Morgan fingerprint density at radius 1 is 1.53 bits per heavy atom. The topological polar surface area (TPSA) is 64.3 Å². The van der Waals surface area contributed by atoms with E-state index in [2.05, 4.69) is 5.32 Å². The van der Waals surface area contributed by atoms with Crippen molar-refractivity contribution in [2.75, 3.05) is 18.5 Å². The second-order valence-electron chi connectivity index (χ2n) is 3.93. The molecule has 1 aromatic carbocycles. The Kier molecular flexibility index (Phi) is 3.61. The third-order valence-corrected chi connectivity index (χ3v) is 2.94. The fourth-order valence-electron chi connectivity index (χ4n) is 1.65. The van der Waals surface area contributed by atoms with Crippen LogP contribution in [0.1, 0.15) is 0 Å². The lowest BCUT2D eigenvalue weighted by molar-refractivity contribution is -0.120. The van der Waals surface area contributed by atoms with Crippen LogP contribution in [0.4, 0.5) is 10.1 Å². The largest absolute Gasteiger partial charge is 0.379 e. The molecule has 0 radical (unpaired) electrons. The Bertz CT molecular complexity index is 441. The number of nitrogens with two attached hydrogens (primary N) is 1. The van der Waals surface area contributed by atoms with Gasteiger partial charge < -0.3 is 15.8 Å². The molecule has 1 aromatic rings. The van der Waals surface area contributed by atoms with Crippen molar-refractivity contribution < 1.29 is 13.9 Å². The van der Waals surface area contributed by atoms with Gasteiger partial charge in [-0.15, -0.1) is 0 Å². The molecule has 0 spiro atoms. The van der Waals surface area contributed by atoms with Gasteiger partial charge in [-0.25, -0.2) is 4.39 Å². The van der Waals surface area contributed by atoms with Gasteiger partial charge in [0.15, 0.2) is 0 Å². The zero-order chi connectivity index (χ0) is 12.4. The molecule has 1 heterocycles. The molecule has 0 aromatic heterocycles. The molecule has 17 heavy (non-hydrogen) atoms. The van der Waals surface area contributed by atoms with E-state index in [1.807, 2.05) is 0 Å². The lowest BCUT2D eigenvalue weighted by atomic mass is 10.0. The number of rotatable bonds is 2. The summed E-state index contributed by atoms with van der Waals surface area (Å²) in [6.07, 6.45) is 0. The maximum atomic E-state index is 12.9. The molecule has 2 unspecified atom stereocenters. The van der Waals surface area contributed by atoms with Crippen molar-refractivity contribution >= 4 is 23.2 Å². The molecule has 92 valence electrons. The number of carbonyl (C=O) groups excluding carboxylic acids is 1. The third kappa shape index (κ3) is 2.74. The number of hydrogen-bond acceptors (Lipinski definition) is 3. The minimum absolute atomic E-state index is 0.0326. The second-order valence-corrected chi connectivity index (χ2v) is 4.33. The van der Waals surface area contributed by atoms with Crippen molar-refractivity contribution in [2.45, 2.75) is 6.04 Å². The predicted molar refractivity (Wildman–Crippen MR) is 62.3 cm³/mol. The van der Waals surface area contributed by atoms with Gasteiger partial charge in [0.25, 0.3) is 0 Å². The Balaban J connectivity index is 2.05. The lowest BCUT2D eigenvalue weighted by Crippen LogP contribution is -2.37. The fraction of sp³-hybridized carbons (Fsp3) is 0.364. The number of benzene rings is 1. The second kappa shape index (κ2) is 5.00. The number of halogens is 2. The Hall–Kier alpha value is -1.17. The summed E-state index contributed by atoms with van der Waals surface area (Å²) in [4.78, 5) is 11.8. The minimum atomic E-state index is -0.523. The maximum absolute atomic E-state index is 12.9. The van der Waals surface area contributed by atoms with E-state index in [1.165, 1.54) is 18.2 Å². The van der Waals surface area contributed by atoms with E-state index in [4.69, 9.17) is 22.1 Å². The van der Waals surface area contributed by atoms with Crippen molar-refractivity contribution in [1.29, 1.82) is 0 Å². The first kappa shape index (κ1) is 12.3. The highest BCUT2D eigenvalue weighted by Gasteiger charge is 2.31. The van der Waals surface area contributed by atoms with Gasteiger partial charge in [0.2, 0.25) is 5.91 Å². The third-order valence-electron chi connectivity index (χ3n) is 2.65. The van der Waals surface area contributed by atoms with Crippen LogP contribution in [0.25, 0.3) is 0 Å². The maximum Gasteiger partial charge on any atom is 0.231 e. The zero-order valence-electron chi connectivity index (χ0n) is 8.95. The van der Waals surface area contributed by atoms with Crippen molar-refractivity contribution in [2.24, 2.45) is 11.7 Å². The van der Waals surface area contributed by atoms with E-state index >= 15 is 0 Å². The van der Waals surface area contributed by atoms with Gasteiger partial charge in [-0.05, 0) is 18.2 Å². The molecule has 0 aliphatic carbocycles. The van der Waals surface area contributed by atoms with E-state index < -0.39 is 5.82 Å². The van der Waals surface area contributed by atoms with Gasteiger partial charge in [-0.1, -0.05) is 11.6 Å². The van der Waals surface area contributed by atoms with Crippen molar-refractivity contribution in [3.8, 4) is 0 Å². The highest BCUT2D eigenvalue weighted by Crippen LogP contribution is 2.21. The zero-order valence-corrected chi connectivity index (χ0v) is 9.71. The van der Waals surface area contributed by atoms with Gasteiger partial charge in [-0.3, -0.25) is 4.79 Å². The highest BCUT2D eigenvalue weighted by molar-refractivity contribution is 6.31. The summed E-state index contributed by atoms with van der Waals surface area (Å²) in [6, 6.07) is 3.70. The monoisotopic (exact) mass is 258 g/mol. The molecule has 2 rings (SSSR count). The van der Waals surface area contributed by atoms with Crippen LogP contribution >= 0.6 is 11.6 Å². The van der Waals surface area contributed by atoms with Crippen molar-refractivity contribution in [3.05, 3.63) is 29.0 Å². The van der Waals surface area contributed by atoms with Crippen LogP contribution in [0, 0.1) is 11.7 Å². The number of anilines is 1. The van der Waals surface area contributed by atoms with Gasteiger partial charge in [-0.2, -0.15) is 0 Å². The number of amides is 1. The summed E-state index contributed by atoms with van der Waals surface area (Å²) in [7, 11) is 0. The number of ether oxygens (including phenoxy) is 1. The normalized spacial score (nSPS) is 23.7. The van der Waals surface area contributed by atoms with Crippen LogP contribution in [0.2, 0.25) is 5.02 Å². The summed E-state index contributed by atoms with van der Waals surface area (Å²) >= 11 is 5.61. The number of hydrogen-bond donors (Lipinski definition) is 2. The van der Waals surface area contributed by atoms with Crippen LogP contribution in [0.15, 0.2) is 18.2 Å². The van der Waals surface area contributed by atoms with Crippen molar-refractivity contribution in [3.63, 3.8) is 0 Å². The van der Waals surface area contributed by atoms with Gasteiger partial charge in [0, 0.05) is 11.7 Å². The summed E-state index contributed by atoms with van der Waals surface area (Å²) in [5.74, 6) is -1.14. The average Bonchev–Trinajstić information content (AvgIpc) is 2.70. The van der Waals surface area contributed by atoms with E-state index in [9.17, 15) is 9.18 Å². The van der Waals surface area contributed by atoms with Crippen LogP contribution in [0.5, 0.6) is 0 Å². The number of nitrogens with one attached hydrogen (secondary N) is 1. The predicted octanol–water partition coefficient (Wildman–Crippen LogP) is 1.39. The average molecular weight is 259 g/mol. The minimum Gasteiger partial charge on any atom is -0.379 e. The molecule has 1 aliphatic heterocycles. The SMILES string of the molecule is NC1COCC1C(=O)Nc1ccc(F)c(Cl)c1. The molecule has 3 N–H and O–H groups in total. The molecule has 1 amide bonds.